The van der Waals surface area contributed by atoms with Crippen molar-refractivity contribution in [3.8, 4) is 11.5 Å². The molecule has 2 N–H and O–H groups in total. The van der Waals surface area contributed by atoms with E-state index in [1.54, 1.807) is 0 Å². The average Bonchev–Trinajstić information content (AvgIpc) is 3.25. The molecular weight excluding hydrogens is 414 g/mol. The van der Waals surface area contributed by atoms with E-state index in [1.807, 2.05) is 91.9 Å². The van der Waals surface area contributed by atoms with Gasteiger partial charge in [0.2, 0.25) is 0 Å². The van der Waals surface area contributed by atoms with Crippen molar-refractivity contribution >= 4 is 33.4 Å². The largest absolute Gasteiger partial charge is 0.493 e. The summed E-state index contributed by atoms with van der Waals surface area (Å²) in [6.45, 7) is 2.82. The molecule has 164 valence electrons. The molecular formula is C27H23N3O3. The number of rotatable bonds is 7. The summed E-state index contributed by atoms with van der Waals surface area (Å²) in [5.74, 6) is 1.40. The summed E-state index contributed by atoms with van der Waals surface area (Å²) in [6.07, 6.45) is 0. The van der Waals surface area contributed by atoms with E-state index in [1.165, 1.54) is 0 Å². The number of nitrogens with one attached hydrogen (secondary N) is 2. The molecule has 0 atom stereocenters. The third kappa shape index (κ3) is 4.23. The second-order valence-electron chi connectivity index (χ2n) is 7.60. The van der Waals surface area contributed by atoms with Crippen LogP contribution in [0.15, 0.2) is 84.9 Å². The predicted octanol–water partition coefficient (Wildman–Crippen LogP) is 5.95. The SMILES string of the molecule is CCOc1ccc2ccccc2c1C(=O)Nc1n[nH]c2ccc(OCc3ccccc3)cc12. The number of nitrogens with zero attached hydrogens (tertiary/aromatic N) is 1. The van der Waals surface area contributed by atoms with Crippen LogP contribution in [0.5, 0.6) is 11.5 Å². The Balaban J connectivity index is 1.44. The van der Waals surface area contributed by atoms with Crippen LogP contribution in [0.3, 0.4) is 0 Å². The molecule has 1 aromatic heterocycles. The fraction of sp³-hybridized carbons (Fsp3) is 0.111. The molecule has 5 rings (SSSR count). The van der Waals surface area contributed by atoms with Gasteiger partial charge in [-0.15, -0.1) is 0 Å². The van der Waals surface area contributed by atoms with Gasteiger partial charge < -0.3 is 14.8 Å². The smallest absolute Gasteiger partial charge is 0.261 e. The molecule has 0 fully saturated rings. The Kier molecular flexibility index (Phi) is 5.64. The molecule has 5 aromatic rings. The van der Waals surface area contributed by atoms with Gasteiger partial charge in [-0.3, -0.25) is 9.89 Å². The average molecular weight is 437 g/mol. The van der Waals surface area contributed by atoms with Gasteiger partial charge in [-0.1, -0.05) is 60.7 Å². The van der Waals surface area contributed by atoms with Gasteiger partial charge in [0.05, 0.1) is 17.7 Å². The van der Waals surface area contributed by atoms with Crippen LogP contribution in [0.25, 0.3) is 21.7 Å². The lowest BCUT2D eigenvalue weighted by atomic mass is 10.0. The first-order valence-corrected chi connectivity index (χ1v) is 10.8. The summed E-state index contributed by atoms with van der Waals surface area (Å²) in [5.41, 5.74) is 2.38. The van der Waals surface area contributed by atoms with Gasteiger partial charge in [-0.05, 0) is 47.5 Å². The molecule has 0 aliphatic carbocycles. The molecule has 0 saturated heterocycles. The van der Waals surface area contributed by atoms with E-state index in [4.69, 9.17) is 9.47 Å². The number of amides is 1. The summed E-state index contributed by atoms with van der Waals surface area (Å²) in [4.78, 5) is 13.4. The Hall–Kier alpha value is -4.32. The Morgan fingerprint density at radius 3 is 2.58 bits per heavy atom. The van der Waals surface area contributed by atoms with E-state index in [2.05, 4.69) is 15.5 Å². The summed E-state index contributed by atoms with van der Waals surface area (Å²) in [7, 11) is 0. The maximum absolute atomic E-state index is 13.4. The van der Waals surface area contributed by atoms with Crippen molar-refractivity contribution in [3.63, 3.8) is 0 Å². The van der Waals surface area contributed by atoms with Crippen molar-refractivity contribution in [2.24, 2.45) is 0 Å². The molecule has 33 heavy (non-hydrogen) atoms. The van der Waals surface area contributed by atoms with Crippen LogP contribution in [0.2, 0.25) is 0 Å². The van der Waals surface area contributed by atoms with Gasteiger partial charge in [-0.25, -0.2) is 0 Å². The third-order valence-electron chi connectivity index (χ3n) is 5.43. The van der Waals surface area contributed by atoms with E-state index in [0.29, 0.717) is 36.1 Å². The number of hydrogen-bond acceptors (Lipinski definition) is 4. The lowest BCUT2D eigenvalue weighted by Crippen LogP contribution is -2.15. The molecule has 0 aliphatic rings. The summed E-state index contributed by atoms with van der Waals surface area (Å²) in [6, 6.07) is 27.2. The maximum atomic E-state index is 13.4. The lowest BCUT2D eigenvalue weighted by Gasteiger charge is -2.13. The Bertz CT molecular complexity index is 1430. The normalized spacial score (nSPS) is 10.9. The van der Waals surface area contributed by atoms with Crippen LogP contribution in [0, 0.1) is 0 Å². The van der Waals surface area contributed by atoms with Crippen LogP contribution in [-0.4, -0.2) is 22.7 Å². The number of benzene rings is 4. The van der Waals surface area contributed by atoms with E-state index in [-0.39, 0.29) is 5.91 Å². The highest BCUT2D eigenvalue weighted by molar-refractivity contribution is 6.16. The monoisotopic (exact) mass is 437 g/mol. The number of carbonyl (C=O) groups is 1. The van der Waals surface area contributed by atoms with Crippen molar-refractivity contribution in [2.45, 2.75) is 13.5 Å². The molecule has 0 unspecified atom stereocenters. The van der Waals surface area contributed by atoms with Crippen molar-refractivity contribution in [1.29, 1.82) is 0 Å². The highest BCUT2D eigenvalue weighted by Gasteiger charge is 2.19. The van der Waals surface area contributed by atoms with E-state index in [0.717, 1.165) is 27.2 Å². The number of hydrogen-bond donors (Lipinski definition) is 2. The Labute approximate surface area is 191 Å². The number of H-pyrrole nitrogens is 1. The zero-order valence-corrected chi connectivity index (χ0v) is 18.2. The molecule has 0 saturated carbocycles. The van der Waals surface area contributed by atoms with Gasteiger partial charge in [0.15, 0.2) is 5.82 Å². The van der Waals surface area contributed by atoms with Crippen molar-refractivity contribution < 1.29 is 14.3 Å². The second kappa shape index (κ2) is 9.04. The molecule has 6 nitrogen and oxygen atoms in total. The topological polar surface area (TPSA) is 76.2 Å². The molecule has 0 radical (unpaired) electrons. The number of fused-ring (bicyclic) bond motifs is 2. The van der Waals surface area contributed by atoms with Gasteiger partial charge in [-0.2, -0.15) is 5.10 Å². The van der Waals surface area contributed by atoms with Crippen molar-refractivity contribution in [3.05, 3.63) is 96.1 Å². The van der Waals surface area contributed by atoms with Crippen molar-refractivity contribution in [1.82, 2.24) is 10.2 Å². The number of carbonyl (C=O) groups excluding carboxylic acids is 1. The van der Waals surface area contributed by atoms with Crippen LogP contribution in [0.1, 0.15) is 22.8 Å². The van der Waals surface area contributed by atoms with Crippen LogP contribution in [-0.2, 0) is 6.61 Å². The fourth-order valence-electron chi connectivity index (χ4n) is 3.85. The third-order valence-corrected chi connectivity index (χ3v) is 5.43. The minimum atomic E-state index is -0.278. The first-order chi connectivity index (χ1) is 16.2. The van der Waals surface area contributed by atoms with Gasteiger partial charge in [0.25, 0.3) is 5.91 Å². The first-order valence-electron chi connectivity index (χ1n) is 10.8. The second-order valence-corrected chi connectivity index (χ2v) is 7.60. The van der Waals surface area contributed by atoms with Crippen LogP contribution < -0.4 is 14.8 Å². The summed E-state index contributed by atoms with van der Waals surface area (Å²) < 4.78 is 11.7. The highest BCUT2D eigenvalue weighted by Crippen LogP contribution is 2.31. The number of aromatic amines is 1. The van der Waals surface area contributed by atoms with Gasteiger partial charge >= 0.3 is 0 Å². The molecule has 6 heteroatoms. The number of aromatic nitrogens is 2. The minimum absolute atomic E-state index is 0.278. The summed E-state index contributed by atoms with van der Waals surface area (Å²) in [5, 5.41) is 12.8. The lowest BCUT2D eigenvalue weighted by molar-refractivity contribution is 0.102. The fourth-order valence-corrected chi connectivity index (χ4v) is 3.85. The molecule has 0 aliphatic heterocycles. The standard InChI is InChI=1S/C27H23N3O3/c1-2-32-24-15-12-19-10-6-7-11-21(19)25(24)27(31)28-26-22-16-20(13-14-23(22)29-30-26)33-17-18-8-4-3-5-9-18/h3-16H,2,17H2,1H3,(H2,28,29,30,31). The predicted molar refractivity (Wildman–Crippen MR) is 130 cm³/mol. The highest BCUT2D eigenvalue weighted by atomic mass is 16.5. The number of ether oxygens (including phenoxy) is 2. The zero-order valence-electron chi connectivity index (χ0n) is 18.2. The Morgan fingerprint density at radius 1 is 0.909 bits per heavy atom. The first kappa shape index (κ1) is 20.6. The van der Waals surface area contributed by atoms with E-state index < -0.39 is 0 Å². The van der Waals surface area contributed by atoms with E-state index >= 15 is 0 Å². The van der Waals surface area contributed by atoms with Gasteiger partial charge in [0.1, 0.15) is 18.1 Å². The van der Waals surface area contributed by atoms with Crippen LogP contribution >= 0.6 is 0 Å². The van der Waals surface area contributed by atoms with Crippen molar-refractivity contribution in [2.75, 3.05) is 11.9 Å². The summed E-state index contributed by atoms with van der Waals surface area (Å²) >= 11 is 0. The molecule has 0 bridgehead atoms. The van der Waals surface area contributed by atoms with Gasteiger partial charge in [0, 0.05) is 5.39 Å². The molecule has 4 aromatic carbocycles. The zero-order chi connectivity index (χ0) is 22.6. The quantitative estimate of drug-likeness (QED) is 0.330. The molecule has 0 spiro atoms. The Morgan fingerprint density at radius 2 is 1.73 bits per heavy atom. The van der Waals surface area contributed by atoms with E-state index in [9.17, 15) is 4.79 Å². The molecule has 1 heterocycles. The maximum Gasteiger partial charge on any atom is 0.261 e. The van der Waals surface area contributed by atoms with Crippen LogP contribution in [0.4, 0.5) is 5.82 Å². The number of anilines is 1. The minimum Gasteiger partial charge on any atom is -0.493 e. The molecule has 1 amide bonds.